The van der Waals surface area contributed by atoms with Crippen LogP contribution < -0.4 is 4.90 Å². The first-order valence-electron chi connectivity index (χ1n) is 7.59. The van der Waals surface area contributed by atoms with E-state index in [1.165, 1.54) is 17.2 Å². The number of hydrogen-bond acceptors (Lipinski definition) is 3. The first kappa shape index (κ1) is 15.8. The van der Waals surface area contributed by atoms with Crippen LogP contribution in [0.25, 0.3) is 0 Å². The molecule has 0 bridgehead atoms. The van der Waals surface area contributed by atoms with Crippen molar-refractivity contribution in [3.63, 3.8) is 0 Å². The van der Waals surface area contributed by atoms with Gasteiger partial charge in [0.25, 0.3) is 0 Å². The van der Waals surface area contributed by atoms with Crippen LogP contribution in [0.4, 0.5) is 24.5 Å². The van der Waals surface area contributed by atoms with Gasteiger partial charge in [-0.05, 0) is 31.0 Å². The maximum atomic E-state index is 12.8. The van der Waals surface area contributed by atoms with Crippen molar-refractivity contribution in [2.24, 2.45) is 0 Å². The molecule has 3 nitrogen and oxygen atoms in total. The zero-order valence-electron chi connectivity index (χ0n) is 12.7. The van der Waals surface area contributed by atoms with Crippen LogP contribution in [0.3, 0.4) is 0 Å². The van der Waals surface area contributed by atoms with E-state index in [1.54, 1.807) is 13.1 Å². The third-order valence-electron chi connectivity index (χ3n) is 4.42. The number of halogens is 3. The van der Waals surface area contributed by atoms with Gasteiger partial charge < -0.3 is 14.4 Å². The summed E-state index contributed by atoms with van der Waals surface area (Å²) in [6.45, 7) is 0. The van der Waals surface area contributed by atoms with Gasteiger partial charge in [0.05, 0.1) is 5.56 Å². The van der Waals surface area contributed by atoms with Crippen molar-refractivity contribution in [3.05, 3.63) is 41.9 Å². The van der Waals surface area contributed by atoms with Gasteiger partial charge in [0.15, 0.2) is 11.5 Å². The molecule has 1 heterocycles. The number of rotatable bonds is 3. The average molecular weight is 325 g/mol. The van der Waals surface area contributed by atoms with Gasteiger partial charge in [-0.1, -0.05) is 18.9 Å². The maximum absolute atomic E-state index is 12.8. The highest BCUT2D eigenvalue weighted by Crippen LogP contribution is 2.45. The van der Waals surface area contributed by atoms with Crippen LogP contribution >= 0.6 is 0 Å². The first-order valence-corrected chi connectivity index (χ1v) is 7.59. The summed E-state index contributed by atoms with van der Waals surface area (Å²) in [5, 5.41) is 10.4. The highest BCUT2D eigenvalue weighted by Gasteiger charge is 2.31. The summed E-state index contributed by atoms with van der Waals surface area (Å²) in [4.78, 5) is 1.51. The Morgan fingerprint density at radius 3 is 2.57 bits per heavy atom. The van der Waals surface area contributed by atoms with Crippen molar-refractivity contribution in [1.82, 2.24) is 0 Å². The highest BCUT2D eigenvalue weighted by atomic mass is 19.4. The van der Waals surface area contributed by atoms with E-state index in [2.05, 4.69) is 0 Å². The molecule has 0 amide bonds. The Labute approximate surface area is 132 Å². The number of hydrogen-bond donors (Lipinski definition) is 1. The van der Waals surface area contributed by atoms with Gasteiger partial charge in [-0.3, -0.25) is 0 Å². The quantitative estimate of drug-likeness (QED) is 0.817. The molecule has 1 aliphatic rings. The van der Waals surface area contributed by atoms with Crippen molar-refractivity contribution >= 4 is 11.4 Å². The highest BCUT2D eigenvalue weighted by molar-refractivity contribution is 5.69. The number of benzene rings is 1. The summed E-state index contributed by atoms with van der Waals surface area (Å²) in [6, 6.07) is 5.00. The summed E-state index contributed by atoms with van der Waals surface area (Å²) >= 11 is 0. The molecule has 0 aliphatic heterocycles. The summed E-state index contributed by atoms with van der Waals surface area (Å²) in [5.41, 5.74) is 0.000900. The lowest BCUT2D eigenvalue weighted by molar-refractivity contribution is -0.137. The Bertz CT molecular complexity index is 687. The lowest BCUT2D eigenvalue weighted by Gasteiger charge is -2.19. The Hall–Kier alpha value is -2.11. The Morgan fingerprint density at radius 2 is 1.91 bits per heavy atom. The van der Waals surface area contributed by atoms with Crippen LogP contribution in [0.1, 0.15) is 42.9 Å². The van der Waals surface area contributed by atoms with Crippen LogP contribution in [-0.4, -0.2) is 12.2 Å². The smallest absolute Gasteiger partial charge is 0.416 e. The average Bonchev–Trinajstić information content (AvgIpc) is 3.15. The molecule has 0 atom stereocenters. The lowest BCUT2D eigenvalue weighted by Crippen LogP contribution is -2.11. The predicted molar refractivity (Wildman–Crippen MR) is 81.1 cm³/mol. The van der Waals surface area contributed by atoms with Crippen molar-refractivity contribution in [2.45, 2.75) is 37.8 Å². The molecule has 124 valence electrons. The van der Waals surface area contributed by atoms with E-state index in [-0.39, 0.29) is 11.7 Å². The Kier molecular flexibility index (Phi) is 4.00. The second-order valence-electron chi connectivity index (χ2n) is 5.92. The molecule has 0 unspecified atom stereocenters. The molecule has 1 N–H and O–H groups in total. The summed E-state index contributed by atoms with van der Waals surface area (Å²) in [7, 11) is 1.61. The predicted octanol–water partition coefficient (Wildman–Crippen LogP) is 5.43. The van der Waals surface area contributed by atoms with Crippen LogP contribution in [0.15, 0.2) is 34.9 Å². The van der Waals surface area contributed by atoms with Gasteiger partial charge in [0.2, 0.25) is 0 Å². The van der Waals surface area contributed by atoms with Crippen LogP contribution in [0, 0.1) is 0 Å². The van der Waals surface area contributed by atoms with Crippen LogP contribution in [-0.2, 0) is 6.18 Å². The number of anilines is 2. The monoisotopic (exact) mass is 325 g/mol. The van der Waals surface area contributed by atoms with Gasteiger partial charge in [0.1, 0.15) is 12.0 Å². The molecule has 0 radical (unpaired) electrons. The summed E-state index contributed by atoms with van der Waals surface area (Å²) in [6.07, 6.45) is 1.14. The topological polar surface area (TPSA) is 36.6 Å². The normalized spacial score (nSPS) is 16.0. The van der Waals surface area contributed by atoms with Gasteiger partial charge in [-0.25, -0.2) is 0 Å². The molecule has 0 spiro atoms. The van der Waals surface area contributed by atoms with Crippen molar-refractivity contribution in [2.75, 3.05) is 11.9 Å². The molecule has 1 aliphatic carbocycles. The molecule has 1 aromatic carbocycles. The molecule has 6 heteroatoms. The van der Waals surface area contributed by atoms with E-state index < -0.39 is 11.7 Å². The zero-order chi connectivity index (χ0) is 16.6. The molecule has 1 saturated carbocycles. The van der Waals surface area contributed by atoms with Crippen molar-refractivity contribution in [3.8, 4) is 5.75 Å². The van der Waals surface area contributed by atoms with Crippen LogP contribution in [0.5, 0.6) is 5.75 Å². The zero-order valence-corrected chi connectivity index (χ0v) is 12.7. The summed E-state index contributed by atoms with van der Waals surface area (Å²) < 4.78 is 44.0. The Morgan fingerprint density at radius 1 is 1.22 bits per heavy atom. The molecule has 3 rings (SSSR count). The van der Waals surface area contributed by atoms with Gasteiger partial charge in [-0.2, -0.15) is 13.2 Å². The third-order valence-corrected chi connectivity index (χ3v) is 4.42. The van der Waals surface area contributed by atoms with Crippen LogP contribution in [0.2, 0.25) is 0 Å². The number of furan rings is 1. The maximum Gasteiger partial charge on any atom is 0.416 e. The minimum absolute atomic E-state index is 0.0248. The second-order valence-corrected chi connectivity index (χ2v) is 5.92. The fraction of sp³-hybridized carbons (Fsp3) is 0.412. The lowest BCUT2D eigenvalue weighted by atomic mass is 10.0. The third kappa shape index (κ3) is 3.02. The van der Waals surface area contributed by atoms with E-state index in [4.69, 9.17) is 4.42 Å². The fourth-order valence-corrected chi connectivity index (χ4v) is 3.10. The number of alkyl halides is 3. The van der Waals surface area contributed by atoms with E-state index in [1.807, 2.05) is 0 Å². The SMILES string of the molecule is CN(c1cccc(C(F)(F)F)c1)c1coc(C2CCCC2)c1O. The van der Waals surface area contributed by atoms with E-state index in [9.17, 15) is 18.3 Å². The van der Waals surface area contributed by atoms with Crippen molar-refractivity contribution in [1.29, 1.82) is 0 Å². The van der Waals surface area contributed by atoms with E-state index >= 15 is 0 Å². The summed E-state index contributed by atoms with van der Waals surface area (Å²) in [5.74, 6) is 0.756. The molecule has 1 fully saturated rings. The van der Waals surface area contributed by atoms with Gasteiger partial charge in [-0.15, -0.1) is 0 Å². The number of nitrogens with zero attached hydrogens (tertiary/aromatic N) is 1. The largest absolute Gasteiger partial charge is 0.503 e. The van der Waals surface area contributed by atoms with E-state index in [0.717, 1.165) is 37.8 Å². The van der Waals surface area contributed by atoms with Gasteiger partial charge >= 0.3 is 6.18 Å². The second kappa shape index (κ2) is 5.83. The molecule has 0 saturated heterocycles. The molecular formula is C17H18F3NO2. The van der Waals surface area contributed by atoms with Gasteiger partial charge in [0, 0.05) is 18.7 Å². The van der Waals surface area contributed by atoms with E-state index in [0.29, 0.717) is 17.1 Å². The molecular weight excluding hydrogens is 307 g/mol. The first-order chi connectivity index (χ1) is 10.9. The standard InChI is InChI=1S/C17H18F3NO2/c1-21(13-8-4-7-12(9-13)17(18,19)20)14-10-23-16(15(14)22)11-5-2-3-6-11/h4,7-11,22H,2-3,5-6H2,1H3. The minimum atomic E-state index is -4.40. The van der Waals surface area contributed by atoms with Crippen molar-refractivity contribution < 1.29 is 22.7 Å². The number of aromatic hydroxyl groups is 1. The Balaban J connectivity index is 1.90. The molecule has 23 heavy (non-hydrogen) atoms. The minimum Gasteiger partial charge on any atom is -0.503 e. The molecule has 2 aromatic rings. The molecule has 1 aromatic heterocycles. The fourth-order valence-electron chi connectivity index (χ4n) is 3.10.